The van der Waals surface area contributed by atoms with Crippen LogP contribution in [0.3, 0.4) is 0 Å². The summed E-state index contributed by atoms with van der Waals surface area (Å²) in [5, 5.41) is 10.7. The highest BCUT2D eigenvalue weighted by Gasteiger charge is 2.10. The van der Waals surface area contributed by atoms with Crippen LogP contribution in [0.1, 0.15) is 11.1 Å². The number of aliphatic hydroxyl groups is 1. The standard InChI is InChI=1S/C18H21ClFNO2/c1-21(10-14-6-8-16(20)9-7-14)11-17(22)13-23-12-15-4-2-3-5-18(15)19/h2-9,17,22H,10-13H2,1H3. The average molecular weight is 338 g/mol. The van der Waals surface area contributed by atoms with Crippen LogP contribution in [0.2, 0.25) is 5.02 Å². The summed E-state index contributed by atoms with van der Waals surface area (Å²) in [5.74, 6) is -0.246. The first-order valence-corrected chi connectivity index (χ1v) is 7.84. The normalized spacial score (nSPS) is 12.6. The van der Waals surface area contributed by atoms with Gasteiger partial charge in [0.2, 0.25) is 0 Å². The number of rotatable bonds is 8. The summed E-state index contributed by atoms with van der Waals surface area (Å²) in [7, 11) is 1.90. The first-order chi connectivity index (χ1) is 11.0. The number of ether oxygens (including phenoxy) is 1. The maximum Gasteiger partial charge on any atom is 0.123 e. The molecule has 0 aromatic heterocycles. The van der Waals surface area contributed by atoms with Gasteiger partial charge in [-0.05, 0) is 36.4 Å². The van der Waals surface area contributed by atoms with Gasteiger partial charge in [-0.3, -0.25) is 4.90 Å². The molecule has 0 bridgehead atoms. The van der Waals surface area contributed by atoms with Gasteiger partial charge in [-0.2, -0.15) is 0 Å². The van der Waals surface area contributed by atoms with Gasteiger partial charge in [-0.1, -0.05) is 41.9 Å². The van der Waals surface area contributed by atoms with Gasteiger partial charge in [-0.15, -0.1) is 0 Å². The molecule has 23 heavy (non-hydrogen) atoms. The molecule has 1 atom stereocenters. The van der Waals surface area contributed by atoms with Crippen molar-refractivity contribution < 1.29 is 14.2 Å². The molecule has 3 nitrogen and oxygen atoms in total. The topological polar surface area (TPSA) is 32.7 Å². The van der Waals surface area contributed by atoms with Crippen LogP contribution in [0.4, 0.5) is 4.39 Å². The number of benzene rings is 2. The van der Waals surface area contributed by atoms with Crippen LogP contribution in [0.5, 0.6) is 0 Å². The Labute approximate surface area is 141 Å². The maximum absolute atomic E-state index is 12.9. The minimum Gasteiger partial charge on any atom is -0.389 e. The Morgan fingerprint density at radius 3 is 2.57 bits per heavy atom. The van der Waals surface area contributed by atoms with E-state index in [2.05, 4.69) is 0 Å². The van der Waals surface area contributed by atoms with E-state index in [9.17, 15) is 9.50 Å². The molecule has 0 spiro atoms. The Morgan fingerprint density at radius 1 is 1.17 bits per heavy atom. The van der Waals surface area contributed by atoms with Gasteiger partial charge in [0.05, 0.1) is 19.3 Å². The second-order valence-electron chi connectivity index (χ2n) is 5.58. The molecule has 0 aliphatic heterocycles. The molecule has 0 saturated carbocycles. The number of aliphatic hydroxyl groups excluding tert-OH is 1. The van der Waals surface area contributed by atoms with E-state index in [0.29, 0.717) is 24.7 Å². The van der Waals surface area contributed by atoms with Gasteiger partial charge >= 0.3 is 0 Å². The monoisotopic (exact) mass is 337 g/mol. The van der Waals surface area contributed by atoms with Crippen molar-refractivity contribution in [3.05, 3.63) is 70.5 Å². The maximum atomic E-state index is 12.9. The highest BCUT2D eigenvalue weighted by molar-refractivity contribution is 6.31. The third kappa shape index (κ3) is 6.28. The Bertz CT molecular complexity index is 606. The van der Waals surface area contributed by atoms with Crippen molar-refractivity contribution in [2.75, 3.05) is 20.2 Å². The largest absolute Gasteiger partial charge is 0.389 e. The van der Waals surface area contributed by atoms with Crippen molar-refractivity contribution >= 4 is 11.6 Å². The van der Waals surface area contributed by atoms with Gasteiger partial charge < -0.3 is 9.84 Å². The quantitative estimate of drug-likeness (QED) is 0.800. The molecule has 0 heterocycles. The van der Waals surface area contributed by atoms with Crippen LogP contribution in [-0.4, -0.2) is 36.3 Å². The summed E-state index contributed by atoms with van der Waals surface area (Å²) in [6, 6.07) is 13.8. The average Bonchev–Trinajstić information content (AvgIpc) is 2.51. The summed E-state index contributed by atoms with van der Waals surface area (Å²) in [6.07, 6.45) is -0.595. The van der Waals surface area contributed by atoms with E-state index in [-0.39, 0.29) is 12.4 Å². The van der Waals surface area contributed by atoms with Crippen LogP contribution < -0.4 is 0 Å². The van der Waals surface area contributed by atoms with Gasteiger partial charge in [0, 0.05) is 18.1 Å². The van der Waals surface area contributed by atoms with Gasteiger partial charge in [-0.25, -0.2) is 4.39 Å². The SMILES string of the molecule is CN(Cc1ccc(F)cc1)CC(O)COCc1ccccc1Cl. The van der Waals surface area contributed by atoms with E-state index in [1.165, 1.54) is 12.1 Å². The Balaban J connectivity index is 1.70. The second kappa shape index (κ2) is 8.99. The Hall–Kier alpha value is -1.46. The van der Waals surface area contributed by atoms with Crippen LogP contribution in [0.25, 0.3) is 0 Å². The summed E-state index contributed by atoms with van der Waals surface area (Å²) >= 11 is 6.05. The molecule has 0 aliphatic rings. The van der Waals surface area contributed by atoms with E-state index in [1.807, 2.05) is 36.2 Å². The number of hydrogen-bond donors (Lipinski definition) is 1. The molecular formula is C18H21ClFNO2. The van der Waals surface area contributed by atoms with Crippen molar-refractivity contribution in [3.63, 3.8) is 0 Å². The third-order valence-corrected chi connectivity index (χ3v) is 3.78. The molecule has 0 aliphatic carbocycles. The third-order valence-electron chi connectivity index (χ3n) is 3.41. The highest BCUT2D eigenvalue weighted by atomic mass is 35.5. The van der Waals surface area contributed by atoms with E-state index >= 15 is 0 Å². The number of halogens is 2. The molecule has 2 rings (SSSR count). The van der Waals surface area contributed by atoms with E-state index in [1.54, 1.807) is 12.1 Å². The van der Waals surface area contributed by atoms with E-state index in [0.717, 1.165) is 11.1 Å². The molecule has 0 saturated heterocycles. The molecule has 0 fully saturated rings. The molecule has 0 amide bonds. The summed E-state index contributed by atoms with van der Waals surface area (Å²) in [4.78, 5) is 1.97. The fraction of sp³-hybridized carbons (Fsp3) is 0.333. The van der Waals surface area contributed by atoms with Crippen molar-refractivity contribution in [2.45, 2.75) is 19.3 Å². The molecule has 5 heteroatoms. The predicted octanol–water partition coefficient (Wildman–Crippen LogP) is 3.49. The molecule has 2 aromatic carbocycles. The minimum atomic E-state index is -0.595. The van der Waals surface area contributed by atoms with Crippen molar-refractivity contribution in [3.8, 4) is 0 Å². The number of hydrogen-bond acceptors (Lipinski definition) is 3. The summed E-state index contributed by atoms with van der Waals surface area (Å²) in [6.45, 7) is 1.72. The summed E-state index contributed by atoms with van der Waals surface area (Å²) in [5.41, 5.74) is 1.90. The van der Waals surface area contributed by atoms with Gasteiger partial charge in [0.25, 0.3) is 0 Å². The first-order valence-electron chi connectivity index (χ1n) is 7.47. The van der Waals surface area contributed by atoms with Crippen molar-refractivity contribution in [1.29, 1.82) is 0 Å². The Morgan fingerprint density at radius 2 is 1.87 bits per heavy atom. The first kappa shape index (κ1) is 17.9. The lowest BCUT2D eigenvalue weighted by Gasteiger charge is -2.20. The number of nitrogens with zero attached hydrogens (tertiary/aromatic N) is 1. The van der Waals surface area contributed by atoms with Crippen molar-refractivity contribution in [1.82, 2.24) is 4.90 Å². The minimum absolute atomic E-state index is 0.235. The molecule has 124 valence electrons. The zero-order valence-corrected chi connectivity index (χ0v) is 13.8. The predicted molar refractivity (Wildman–Crippen MR) is 89.8 cm³/mol. The van der Waals surface area contributed by atoms with Crippen LogP contribution >= 0.6 is 11.6 Å². The summed E-state index contributed by atoms with van der Waals surface area (Å²) < 4.78 is 18.4. The lowest BCUT2D eigenvalue weighted by molar-refractivity contribution is 0.0127. The van der Waals surface area contributed by atoms with Crippen LogP contribution in [0.15, 0.2) is 48.5 Å². The molecule has 1 unspecified atom stereocenters. The fourth-order valence-corrected chi connectivity index (χ4v) is 2.49. The fourth-order valence-electron chi connectivity index (χ4n) is 2.30. The van der Waals surface area contributed by atoms with Gasteiger partial charge in [0.15, 0.2) is 0 Å². The lowest BCUT2D eigenvalue weighted by Crippen LogP contribution is -2.31. The zero-order valence-electron chi connectivity index (χ0n) is 13.1. The van der Waals surface area contributed by atoms with Crippen LogP contribution in [-0.2, 0) is 17.9 Å². The van der Waals surface area contributed by atoms with Gasteiger partial charge in [0.1, 0.15) is 5.82 Å². The zero-order chi connectivity index (χ0) is 16.7. The lowest BCUT2D eigenvalue weighted by atomic mass is 10.2. The highest BCUT2D eigenvalue weighted by Crippen LogP contribution is 2.15. The molecule has 2 aromatic rings. The molecule has 0 radical (unpaired) electrons. The molecular weight excluding hydrogens is 317 g/mol. The second-order valence-corrected chi connectivity index (χ2v) is 5.99. The Kier molecular flexibility index (Phi) is 6.99. The number of likely N-dealkylation sites (N-methyl/N-ethyl adjacent to an activating group) is 1. The smallest absolute Gasteiger partial charge is 0.123 e. The van der Waals surface area contributed by atoms with Crippen LogP contribution in [0, 0.1) is 5.82 Å². The van der Waals surface area contributed by atoms with Crippen molar-refractivity contribution in [2.24, 2.45) is 0 Å². The molecule has 1 N–H and O–H groups in total. The van der Waals surface area contributed by atoms with E-state index in [4.69, 9.17) is 16.3 Å². The van der Waals surface area contributed by atoms with E-state index < -0.39 is 6.10 Å².